The molecule has 1 aromatic heterocycles. The van der Waals surface area contributed by atoms with Crippen molar-refractivity contribution in [3.63, 3.8) is 0 Å². The Morgan fingerprint density at radius 3 is 2.12 bits per heavy atom. The van der Waals surface area contributed by atoms with E-state index in [-0.39, 0.29) is 0 Å². The van der Waals surface area contributed by atoms with Gasteiger partial charge in [0, 0.05) is 38.4 Å². The minimum Gasteiger partial charge on any atom is -0.366 e. The van der Waals surface area contributed by atoms with Crippen LogP contribution in [0.15, 0.2) is 54.6 Å². The third kappa shape index (κ3) is 5.12. The number of H-pyrrole nitrogens is 1. The predicted octanol–water partition coefficient (Wildman–Crippen LogP) is 4.26. The summed E-state index contributed by atoms with van der Waals surface area (Å²) < 4.78 is 39.2. The Morgan fingerprint density at radius 2 is 1.55 bits per heavy atom. The summed E-state index contributed by atoms with van der Waals surface area (Å²) in [6.45, 7) is 4.52. The summed E-state index contributed by atoms with van der Waals surface area (Å²) in [5.74, 6) is -0.559. The number of amides is 1. The van der Waals surface area contributed by atoms with Crippen molar-refractivity contribution < 1.29 is 18.0 Å². The molecule has 0 atom stereocenters. The topological polar surface area (TPSA) is 65.4 Å². The van der Waals surface area contributed by atoms with E-state index in [9.17, 15) is 18.0 Å². The van der Waals surface area contributed by atoms with Crippen LogP contribution in [0.25, 0.3) is 22.5 Å². The number of primary amides is 1. The standard InChI is InChI=1S/C25H27F3N4O/c1-31-13-15-32(16-14-31)12-11-20-21(24(29)33)23(17-5-3-2-4-6-17)30-22(20)18-7-9-19(10-8-18)25(26,27)28/h2-10,30H,11-16H2,1H3,(H2,29,33). The highest BCUT2D eigenvalue weighted by atomic mass is 19.4. The van der Waals surface area contributed by atoms with Crippen LogP contribution in [0, 0.1) is 0 Å². The van der Waals surface area contributed by atoms with Crippen LogP contribution in [0.3, 0.4) is 0 Å². The van der Waals surface area contributed by atoms with Gasteiger partial charge in [0.15, 0.2) is 0 Å². The van der Waals surface area contributed by atoms with Crippen molar-refractivity contribution in [3.05, 3.63) is 71.3 Å². The van der Waals surface area contributed by atoms with Crippen molar-refractivity contribution in [1.82, 2.24) is 14.8 Å². The lowest BCUT2D eigenvalue weighted by molar-refractivity contribution is -0.137. The average Bonchev–Trinajstić information content (AvgIpc) is 3.19. The Labute approximate surface area is 191 Å². The molecular formula is C25H27F3N4O. The molecule has 0 aliphatic carbocycles. The van der Waals surface area contributed by atoms with Crippen molar-refractivity contribution >= 4 is 5.91 Å². The number of aromatic amines is 1. The molecule has 0 bridgehead atoms. The predicted molar refractivity (Wildman–Crippen MR) is 123 cm³/mol. The number of nitrogens with one attached hydrogen (secondary N) is 1. The van der Waals surface area contributed by atoms with Gasteiger partial charge < -0.3 is 20.5 Å². The van der Waals surface area contributed by atoms with E-state index in [4.69, 9.17) is 5.73 Å². The first-order valence-corrected chi connectivity index (χ1v) is 10.9. The number of rotatable bonds is 6. The summed E-state index contributed by atoms with van der Waals surface area (Å²) in [4.78, 5) is 20.5. The van der Waals surface area contributed by atoms with Gasteiger partial charge in [0.1, 0.15) is 0 Å². The van der Waals surface area contributed by atoms with Crippen molar-refractivity contribution in [2.75, 3.05) is 39.8 Å². The molecule has 0 saturated carbocycles. The van der Waals surface area contributed by atoms with Gasteiger partial charge in [-0.1, -0.05) is 42.5 Å². The minimum atomic E-state index is -4.41. The fraction of sp³-hybridized carbons (Fsp3) is 0.320. The summed E-state index contributed by atoms with van der Waals surface area (Å²) >= 11 is 0. The molecule has 2 heterocycles. The zero-order valence-corrected chi connectivity index (χ0v) is 18.5. The molecule has 2 aromatic carbocycles. The second kappa shape index (κ2) is 9.41. The van der Waals surface area contributed by atoms with E-state index in [2.05, 4.69) is 21.8 Å². The van der Waals surface area contributed by atoms with Gasteiger partial charge >= 0.3 is 6.18 Å². The van der Waals surface area contributed by atoms with Crippen molar-refractivity contribution in [2.45, 2.75) is 12.6 Å². The van der Waals surface area contributed by atoms with Crippen LogP contribution in [0.1, 0.15) is 21.5 Å². The summed E-state index contributed by atoms with van der Waals surface area (Å²) in [7, 11) is 2.09. The minimum absolute atomic E-state index is 0.394. The maximum absolute atomic E-state index is 13.1. The summed E-state index contributed by atoms with van der Waals surface area (Å²) in [5, 5.41) is 0. The molecule has 1 aliphatic heterocycles. The second-order valence-electron chi connectivity index (χ2n) is 8.43. The van der Waals surface area contributed by atoms with Gasteiger partial charge in [0.25, 0.3) is 5.91 Å². The normalized spacial score (nSPS) is 15.6. The van der Waals surface area contributed by atoms with E-state index >= 15 is 0 Å². The smallest absolute Gasteiger partial charge is 0.366 e. The number of halogens is 3. The molecule has 33 heavy (non-hydrogen) atoms. The first-order valence-electron chi connectivity index (χ1n) is 10.9. The Bertz CT molecular complexity index is 1100. The maximum Gasteiger partial charge on any atom is 0.416 e. The SMILES string of the molecule is CN1CCN(CCc2c(-c3ccc(C(F)(F)F)cc3)[nH]c(-c3ccccc3)c2C(N)=O)CC1. The van der Waals surface area contributed by atoms with Gasteiger partial charge in [-0.2, -0.15) is 13.2 Å². The Hall–Kier alpha value is -3.10. The molecule has 0 unspecified atom stereocenters. The molecule has 4 rings (SSSR count). The zero-order chi connectivity index (χ0) is 23.6. The van der Waals surface area contributed by atoms with E-state index in [0.29, 0.717) is 28.9 Å². The number of nitrogens with two attached hydrogens (primary N) is 1. The molecule has 3 N–H and O–H groups in total. The van der Waals surface area contributed by atoms with Crippen LogP contribution < -0.4 is 5.73 Å². The van der Waals surface area contributed by atoms with Crippen molar-refractivity contribution in [2.24, 2.45) is 5.73 Å². The van der Waals surface area contributed by atoms with E-state index < -0.39 is 17.6 Å². The quantitative estimate of drug-likeness (QED) is 0.583. The lowest BCUT2D eigenvalue weighted by atomic mass is 9.98. The van der Waals surface area contributed by atoms with Gasteiger partial charge in [-0.05, 0) is 42.3 Å². The number of nitrogens with zero attached hydrogens (tertiary/aromatic N) is 2. The van der Waals surface area contributed by atoms with Gasteiger partial charge in [-0.15, -0.1) is 0 Å². The third-order valence-electron chi connectivity index (χ3n) is 6.19. The highest BCUT2D eigenvalue weighted by Gasteiger charge is 2.30. The lowest BCUT2D eigenvalue weighted by Crippen LogP contribution is -2.45. The number of aromatic nitrogens is 1. The number of carbonyl (C=O) groups excluding carboxylic acids is 1. The third-order valence-corrected chi connectivity index (χ3v) is 6.19. The molecule has 1 saturated heterocycles. The zero-order valence-electron chi connectivity index (χ0n) is 18.5. The maximum atomic E-state index is 13.1. The second-order valence-corrected chi connectivity index (χ2v) is 8.43. The fourth-order valence-electron chi connectivity index (χ4n) is 4.30. The molecule has 3 aromatic rings. The number of alkyl halides is 3. The number of carbonyl (C=O) groups is 1. The Balaban J connectivity index is 1.76. The molecule has 174 valence electrons. The molecule has 0 radical (unpaired) electrons. The lowest BCUT2D eigenvalue weighted by Gasteiger charge is -2.32. The summed E-state index contributed by atoms with van der Waals surface area (Å²) in [6, 6.07) is 14.4. The molecule has 8 heteroatoms. The van der Waals surface area contributed by atoms with Crippen LogP contribution in [0.2, 0.25) is 0 Å². The first kappa shape index (κ1) is 23.1. The van der Waals surface area contributed by atoms with E-state index in [1.165, 1.54) is 12.1 Å². The van der Waals surface area contributed by atoms with Crippen molar-refractivity contribution in [3.8, 4) is 22.5 Å². The summed E-state index contributed by atoms with van der Waals surface area (Å²) in [5.41, 5.74) is 8.84. The van der Waals surface area contributed by atoms with Crippen LogP contribution in [-0.4, -0.2) is 60.5 Å². The highest BCUT2D eigenvalue weighted by Crippen LogP contribution is 2.36. The average molecular weight is 457 g/mol. The molecule has 1 amide bonds. The first-order chi connectivity index (χ1) is 15.7. The van der Waals surface area contributed by atoms with Crippen molar-refractivity contribution in [1.29, 1.82) is 0 Å². The van der Waals surface area contributed by atoms with E-state index in [1.807, 2.05) is 30.3 Å². The number of benzene rings is 2. The monoisotopic (exact) mass is 456 g/mol. The number of piperazine rings is 1. The Kier molecular flexibility index (Phi) is 6.58. The van der Waals surface area contributed by atoms with Gasteiger partial charge in [0.2, 0.25) is 0 Å². The summed E-state index contributed by atoms with van der Waals surface area (Å²) in [6.07, 6.45) is -3.85. The van der Waals surface area contributed by atoms with E-state index in [0.717, 1.165) is 56.0 Å². The van der Waals surface area contributed by atoms with Gasteiger partial charge in [0.05, 0.1) is 16.8 Å². The molecule has 0 spiro atoms. The molecule has 1 aliphatic rings. The van der Waals surface area contributed by atoms with Crippen LogP contribution >= 0.6 is 0 Å². The fourth-order valence-corrected chi connectivity index (χ4v) is 4.30. The molecule has 5 nitrogen and oxygen atoms in total. The van der Waals surface area contributed by atoms with Crippen LogP contribution in [0.4, 0.5) is 13.2 Å². The number of hydrogen-bond acceptors (Lipinski definition) is 3. The van der Waals surface area contributed by atoms with Gasteiger partial charge in [-0.3, -0.25) is 4.79 Å². The molecular weight excluding hydrogens is 429 g/mol. The Morgan fingerprint density at radius 1 is 0.939 bits per heavy atom. The largest absolute Gasteiger partial charge is 0.416 e. The van der Waals surface area contributed by atoms with Crippen LogP contribution in [0.5, 0.6) is 0 Å². The number of likely N-dealkylation sites (N-methyl/N-ethyl adjacent to an activating group) is 1. The highest BCUT2D eigenvalue weighted by molar-refractivity contribution is 6.03. The van der Waals surface area contributed by atoms with Gasteiger partial charge in [-0.25, -0.2) is 0 Å². The van der Waals surface area contributed by atoms with Crippen LogP contribution in [-0.2, 0) is 12.6 Å². The number of hydrogen-bond donors (Lipinski definition) is 2. The molecule has 1 fully saturated rings. The van der Waals surface area contributed by atoms with E-state index in [1.54, 1.807) is 0 Å².